The minimum Gasteiger partial charge on any atom is -0.461 e. The summed E-state index contributed by atoms with van der Waals surface area (Å²) in [5, 5.41) is 10.9. The van der Waals surface area contributed by atoms with Gasteiger partial charge in [-0.05, 0) is 19.3 Å². The zero-order valence-corrected chi connectivity index (χ0v) is 12.0. The predicted octanol–water partition coefficient (Wildman–Crippen LogP) is 0.857. The third kappa shape index (κ3) is 2.97. The largest absolute Gasteiger partial charge is 0.461 e. The van der Waals surface area contributed by atoms with Crippen LogP contribution in [0.3, 0.4) is 0 Å². The number of esters is 1. The summed E-state index contributed by atoms with van der Waals surface area (Å²) in [6.07, 6.45) is 1.33. The quantitative estimate of drug-likeness (QED) is 0.808. The zero-order chi connectivity index (χ0) is 14.7. The number of hydrogen-bond acceptors (Lipinski definition) is 5. The first kappa shape index (κ1) is 14.5. The number of nitrogens with zero attached hydrogens (tertiary/aromatic N) is 3. The van der Waals surface area contributed by atoms with Gasteiger partial charge in [-0.25, -0.2) is 9.48 Å². The van der Waals surface area contributed by atoms with Crippen LogP contribution < -0.4 is 5.32 Å². The lowest BCUT2D eigenvalue weighted by atomic mass is 10.1. The Balaban J connectivity index is 2.20. The summed E-state index contributed by atoms with van der Waals surface area (Å²) in [5.74, 6) is -0.286. The van der Waals surface area contributed by atoms with E-state index in [1.807, 2.05) is 13.8 Å². The molecule has 1 unspecified atom stereocenters. The molecule has 1 aliphatic heterocycles. The van der Waals surface area contributed by atoms with Gasteiger partial charge >= 0.3 is 5.97 Å². The number of carbonyl (C=O) groups excluding carboxylic acids is 2. The van der Waals surface area contributed by atoms with E-state index in [2.05, 4.69) is 15.6 Å². The molecule has 1 fully saturated rings. The Morgan fingerprint density at radius 1 is 1.55 bits per heavy atom. The van der Waals surface area contributed by atoms with E-state index in [-0.39, 0.29) is 23.6 Å². The van der Waals surface area contributed by atoms with Gasteiger partial charge in [-0.3, -0.25) is 4.79 Å². The van der Waals surface area contributed by atoms with Crippen LogP contribution in [-0.4, -0.2) is 39.5 Å². The lowest BCUT2D eigenvalue weighted by Gasteiger charge is -2.14. The molecule has 0 aromatic carbocycles. The van der Waals surface area contributed by atoms with Crippen molar-refractivity contribution < 1.29 is 14.3 Å². The molecular weight excluding hydrogens is 260 g/mol. The molecule has 1 aliphatic rings. The lowest BCUT2D eigenvalue weighted by molar-refractivity contribution is -0.119. The van der Waals surface area contributed by atoms with Crippen molar-refractivity contribution in [2.75, 3.05) is 6.61 Å². The molecule has 1 saturated heterocycles. The summed E-state index contributed by atoms with van der Waals surface area (Å²) < 4.78 is 6.70. The molecule has 1 aromatic rings. The summed E-state index contributed by atoms with van der Waals surface area (Å²) >= 11 is 0. The minimum absolute atomic E-state index is 0.0525. The molecule has 20 heavy (non-hydrogen) atoms. The monoisotopic (exact) mass is 280 g/mol. The molecule has 7 heteroatoms. The Hall–Kier alpha value is -1.92. The van der Waals surface area contributed by atoms with E-state index in [4.69, 9.17) is 4.74 Å². The number of rotatable bonds is 5. The smallest absolute Gasteiger partial charge is 0.360 e. The van der Waals surface area contributed by atoms with E-state index in [0.29, 0.717) is 19.6 Å². The molecule has 0 saturated carbocycles. The standard InChI is InChI=1S/C13H20N4O3/c1-4-20-13(19)11-12(8(2)3)17(16-15-11)7-9-5-6-10(18)14-9/h8-9H,4-7H2,1-3H3,(H,14,18). The molecule has 1 amide bonds. The predicted molar refractivity (Wildman–Crippen MR) is 71.2 cm³/mol. The average Bonchev–Trinajstić information content (AvgIpc) is 2.96. The molecule has 110 valence electrons. The Morgan fingerprint density at radius 3 is 2.85 bits per heavy atom. The molecule has 0 aliphatic carbocycles. The third-order valence-corrected chi connectivity index (χ3v) is 3.27. The van der Waals surface area contributed by atoms with Crippen LogP contribution in [0.5, 0.6) is 0 Å². The number of amides is 1. The third-order valence-electron chi connectivity index (χ3n) is 3.27. The van der Waals surface area contributed by atoms with Crippen molar-refractivity contribution >= 4 is 11.9 Å². The van der Waals surface area contributed by atoms with Crippen molar-refractivity contribution in [3.05, 3.63) is 11.4 Å². The summed E-state index contributed by atoms with van der Waals surface area (Å²) in [4.78, 5) is 23.1. The van der Waals surface area contributed by atoms with E-state index in [1.165, 1.54) is 0 Å². The van der Waals surface area contributed by atoms with Crippen LogP contribution >= 0.6 is 0 Å². The molecule has 7 nitrogen and oxygen atoms in total. The van der Waals surface area contributed by atoms with Crippen molar-refractivity contribution in [1.29, 1.82) is 0 Å². The van der Waals surface area contributed by atoms with Crippen LogP contribution in [0, 0.1) is 0 Å². The molecule has 1 N–H and O–H groups in total. The number of ether oxygens (including phenoxy) is 1. The van der Waals surface area contributed by atoms with E-state index in [9.17, 15) is 9.59 Å². The van der Waals surface area contributed by atoms with E-state index in [0.717, 1.165) is 12.1 Å². The normalized spacial score (nSPS) is 18.4. The molecule has 2 heterocycles. The molecule has 1 atom stereocenters. The molecular formula is C13H20N4O3. The highest BCUT2D eigenvalue weighted by Gasteiger charge is 2.27. The van der Waals surface area contributed by atoms with Crippen molar-refractivity contribution in [1.82, 2.24) is 20.3 Å². The first-order valence-corrected chi connectivity index (χ1v) is 6.92. The number of carbonyl (C=O) groups is 2. The van der Waals surface area contributed by atoms with Gasteiger partial charge in [-0.1, -0.05) is 19.1 Å². The Bertz CT molecular complexity index is 510. The van der Waals surface area contributed by atoms with Gasteiger partial charge in [-0.15, -0.1) is 5.10 Å². The first-order valence-electron chi connectivity index (χ1n) is 6.92. The van der Waals surface area contributed by atoms with Crippen LogP contribution in [0.15, 0.2) is 0 Å². The number of aromatic nitrogens is 3. The highest BCUT2D eigenvalue weighted by Crippen LogP contribution is 2.20. The van der Waals surface area contributed by atoms with E-state index in [1.54, 1.807) is 11.6 Å². The summed E-state index contributed by atoms with van der Waals surface area (Å²) in [5.41, 5.74) is 1.02. The number of nitrogens with one attached hydrogen (secondary N) is 1. The second-order valence-corrected chi connectivity index (χ2v) is 5.18. The minimum atomic E-state index is -0.446. The highest BCUT2D eigenvalue weighted by atomic mass is 16.5. The second kappa shape index (κ2) is 6.02. The maximum absolute atomic E-state index is 11.9. The maximum atomic E-state index is 11.9. The fraction of sp³-hybridized carbons (Fsp3) is 0.692. The summed E-state index contributed by atoms with van der Waals surface area (Å²) in [6, 6.07) is 0.0525. The Kier molecular flexibility index (Phi) is 4.36. The molecule has 0 radical (unpaired) electrons. The Morgan fingerprint density at radius 2 is 2.30 bits per heavy atom. The van der Waals surface area contributed by atoms with Crippen molar-refractivity contribution in [2.24, 2.45) is 0 Å². The van der Waals surface area contributed by atoms with Gasteiger partial charge in [0.15, 0.2) is 5.69 Å². The lowest BCUT2D eigenvalue weighted by Crippen LogP contribution is -2.30. The second-order valence-electron chi connectivity index (χ2n) is 5.18. The van der Waals surface area contributed by atoms with Gasteiger partial charge in [-0.2, -0.15) is 0 Å². The first-order chi connectivity index (χ1) is 9.52. The zero-order valence-electron chi connectivity index (χ0n) is 12.0. The fourth-order valence-electron chi connectivity index (χ4n) is 2.39. The summed E-state index contributed by atoms with van der Waals surface area (Å²) in [6.45, 7) is 6.55. The average molecular weight is 280 g/mol. The SMILES string of the molecule is CCOC(=O)c1nnn(CC2CCC(=O)N2)c1C(C)C. The molecule has 0 spiro atoms. The van der Waals surface area contributed by atoms with Crippen molar-refractivity contribution in [2.45, 2.75) is 52.1 Å². The topological polar surface area (TPSA) is 86.1 Å². The molecule has 2 rings (SSSR count). The molecule has 0 bridgehead atoms. The summed E-state index contributed by atoms with van der Waals surface area (Å²) in [7, 11) is 0. The van der Waals surface area contributed by atoms with Crippen LogP contribution in [0.4, 0.5) is 0 Å². The van der Waals surface area contributed by atoms with Gasteiger partial charge in [0.25, 0.3) is 0 Å². The highest BCUT2D eigenvalue weighted by molar-refractivity contribution is 5.88. The Labute approximate surface area is 117 Å². The van der Waals surface area contributed by atoms with Gasteiger partial charge in [0.2, 0.25) is 5.91 Å². The van der Waals surface area contributed by atoms with Gasteiger partial charge < -0.3 is 10.1 Å². The van der Waals surface area contributed by atoms with Crippen LogP contribution in [0.25, 0.3) is 0 Å². The fourth-order valence-corrected chi connectivity index (χ4v) is 2.39. The van der Waals surface area contributed by atoms with Crippen molar-refractivity contribution in [3.63, 3.8) is 0 Å². The van der Waals surface area contributed by atoms with Crippen LogP contribution in [0.2, 0.25) is 0 Å². The van der Waals surface area contributed by atoms with Gasteiger partial charge in [0.1, 0.15) is 0 Å². The van der Waals surface area contributed by atoms with Gasteiger partial charge in [0.05, 0.1) is 18.8 Å². The molecule has 1 aromatic heterocycles. The van der Waals surface area contributed by atoms with Gasteiger partial charge in [0, 0.05) is 12.5 Å². The van der Waals surface area contributed by atoms with Crippen LogP contribution in [-0.2, 0) is 16.1 Å². The van der Waals surface area contributed by atoms with Crippen LogP contribution in [0.1, 0.15) is 55.7 Å². The maximum Gasteiger partial charge on any atom is 0.360 e. The number of hydrogen-bond donors (Lipinski definition) is 1. The van der Waals surface area contributed by atoms with E-state index < -0.39 is 5.97 Å². The van der Waals surface area contributed by atoms with E-state index >= 15 is 0 Å². The van der Waals surface area contributed by atoms with Crippen molar-refractivity contribution in [3.8, 4) is 0 Å².